The Hall–Kier alpha value is -1.15. The Balaban J connectivity index is 0.00000137. The summed E-state index contributed by atoms with van der Waals surface area (Å²) in [6.07, 6.45) is 4.91. The first-order valence-corrected chi connectivity index (χ1v) is 7.48. The fourth-order valence-corrected chi connectivity index (χ4v) is 2.09. The number of para-hydroxylation sites is 1. The maximum atomic E-state index is 10.1. The second-order valence-electron chi connectivity index (χ2n) is 3.73. The Kier molecular flexibility index (Phi) is 8.30. The lowest BCUT2D eigenvalue weighted by atomic mass is 10.0. The number of hydrogen-bond donors (Lipinski definition) is 1. The van der Waals surface area contributed by atoms with Gasteiger partial charge >= 0.3 is 0 Å². The van der Waals surface area contributed by atoms with Crippen LogP contribution in [0.25, 0.3) is 5.57 Å². The zero-order valence-electron chi connectivity index (χ0n) is 12.1. The Morgan fingerprint density at radius 2 is 2.00 bits per heavy atom. The van der Waals surface area contributed by atoms with Crippen LogP contribution in [-0.4, -0.2) is 11.4 Å². The molecule has 100 valence electrons. The molecule has 1 aromatic rings. The van der Waals surface area contributed by atoms with Gasteiger partial charge in [0.05, 0.1) is 0 Å². The molecule has 0 aliphatic carbocycles. The molecule has 0 aliphatic heterocycles. The molecule has 18 heavy (non-hydrogen) atoms. The summed E-state index contributed by atoms with van der Waals surface area (Å²) in [6.45, 7) is 11.8. The maximum absolute atomic E-state index is 10.1. The van der Waals surface area contributed by atoms with Gasteiger partial charge in [0.2, 0.25) is 0 Å². The highest BCUT2D eigenvalue weighted by Gasteiger charge is 2.08. The second-order valence-corrected chi connectivity index (χ2v) is 4.66. The third kappa shape index (κ3) is 4.61. The van der Waals surface area contributed by atoms with E-state index in [1.54, 1.807) is 11.8 Å². The van der Waals surface area contributed by atoms with Crippen molar-refractivity contribution < 1.29 is 5.11 Å². The van der Waals surface area contributed by atoms with Crippen molar-refractivity contribution in [1.29, 1.82) is 0 Å². The number of allylic oxidation sites excluding steroid dienone is 3. The van der Waals surface area contributed by atoms with Crippen LogP contribution >= 0.6 is 11.8 Å². The molecule has 0 heterocycles. The smallest absolute Gasteiger partial charge is 0.126 e. The van der Waals surface area contributed by atoms with Crippen molar-refractivity contribution in [1.82, 2.24) is 0 Å². The van der Waals surface area contributed by atoms with Crippen molar-refractivity contribution in [3.05, 3.63) is 46.9 Å². The third-order valence-corrected chi connectivity index (χ3v) is 3.43. The van der Waals surface area contributed by atoms with Crippen LogP contribution in [-0.2, 0) is 6.42 Å². The van der Waals surface area contributed by atoms with Crippen LogP contribution < -0.4 is 0 Å². The van der Waals surface area contributed by atoms with Crippen LogP contribution in [0.15, 0.2) is 35.8 Å². The van der Waals surface area contributed by atoms with Crippen molar-refractivity contribution >= 4 is 17.3 Å². The molecule has 2 heteroatoms. The zero-order chi connectivity index (χ0) is 14.1. The van der Waals surface area contributed by atoms with Gasteiger partial charge in [-0.25, -0.2) is 0 Å². The van der Waals surface area contributed by atoms with Crippen LogP contribution in [0.2, 0.25) is 0 Å². The molecule has 0 atom stereocenters. The van der Waals surface area contributed by atoms with Crippen molar-refractivity contribution in [2.24, 2.45) is 0 Å². The van der Waals surface area contributed by atoms with Gasteiger partial charge in [0, 0.05) is 12.0 Å². The van der Waals surface area contributed by atoms with Gasteiger partial charge in [0.15, 0.2) is 0 Å². The standard InChI is InChI=1S/C14H18OS.C2H6/c1-5-12(16-4)9-11-7-6-8-13(10(2)3)14(11)15;1-2/h5-8,15H,2,9H2,1,3-4H3;1-2H3/b12-5-;. The van der Waals surface area contributed by atoms with E-state index in [1.807, 2.05) is 45.9 Å². The summed E-state index contributed by atoms with van der Waals surface area (Å²) >= 11 is 1.72. The van der Waals surface area contributed by atoms with Crippen LogP contribution in [0.3, 0.4) is 0 Å². The molecule has 0 saturated heterocycles. The average Bonchev–Trinajstić information content (AvgIpc) is 2.39. The van der Waals surface area contributed by atoms with Gasteiger partial charge in [0.25, 0.3) is 0 Å². The van der Waals surface area contributed by atoms with E-state index in [0.29, 0.717) is 5.75 Å². The molecule has 0 saturated carbocycles. The van der Waals surface area contributed by atoms with E-state index < -0.39 is 0 Å². The molecule has 1 N–H and O–H groups in total. The second kappa shape index (κ2) is 8.87. The minimum atomic E-state index is 0.364. The fourth-order valence-electron chi connectivity index (χ4n) is 1.56. The van der Waals surface area contributed by atoms with Crippen molar-refractivity contribution in [2.45, 2.75) is 34.1 Å². The summed E-state index contributed by atoms with van der Waals surface area (Å²) in [5.74, 6) is 0.364. The molecule has 0 amide bonds. The zero-order valence-corrected chi connectivity index (χ0v) is 12.9. The maximum Gasteiger partial charge on any atom is 0.126 e. The van der Waals surface area contributed by atoms with Crippen molar-refractivity contribution in [3.63, 3.8) is 0 Å². The molecule has 0 aromatic heterocycles. The molecule has 0 fully saturated rings. The molecule has 0 spiro atoms. The summed E-state index contributed by atoms with van der Waals surface area (Å²) in [4.78, 5) is 1.26. The molecule has 0 radical (unpaired) electrons. The molecule has 0 bridgehead atoms. The SMILES string of the molecule is C=C(C)c1cccc(C/C(=C/C)SC)c1O.CC. The predicted molar refractivity (Wildman–Crippen MR) is 85.1 cm³/mol. The largest absolute Gasteiger partial charge is 0.507 e. The monoisotopic (exact) mass is 264 g/mol. The number of aromatic hydroxyl groups is 1. The first-order chi connectivity index (χ1) is 8.60. The summed E-state index contributed by atoms with van der Waals surface area (Å²) < 4.78 is 0. The van der Waals surface area contributed by atoms with Crippen LogP contribution in [0.4, 0.5) is 0 Å². The molecule has 1 nitrogen and oxygen atoms in total. The minimum Gasteiger partial charge on any atom is -0.507 e. The van der Waals surface area contributed by atoms with Crippen molar-refractivity contribution in [2.75, 3.05) is 6.26 Å². The highest BCUT2D eigenvalue weighted by Crippen LogP contribution is 2.30. The lowest BCUT2D eigenvalue weighted by Gasteiger charge is -2.10. The minimum absolute atomic E-state index is 0.364. The van der Waals surface area contributed by atoms with Gasteiger partial charge in [-0.1, -0.05) is 44.7 Å². The van der Waals surface area contributed by atoms with E-state index in [2.05, 4.69) is 18.9 Å². The predicted octanol–water partition coefficient (Wildman–Crippen LogP) is 5.26. The van der Waals surface area contributed by atoms with Gasteiger partial charge in [0.1, 0.15) is 5.75 Å². The molecule has 0 unspecified atom stereocenters. The molecule has 1 rings (SSSR count). The van der Waals surface area contributed by atoms with E-state index >= 15 is 0 Å². The van der Waals surface area contributed by atoms with Gasteiger partial charge in [-0.05, 0) is 36.1 Å². The Morgan fingerprint density at radius 1 is 1.39 bits per heavy atom. The van der Waals surface area contributed by atoms with Gasteiger partial charge in [-0.3, -0.25) is 0 Å². The summed E-state index contributed by atoms with van der Waals surface area (Å²) in [7, 11) is 0. The highest BCUT2D eigenvalue weighted by atomic mass is 32.2. The number of phenols is 1. The van der Waals surface area contributed by atoms with Crippen LogP contribution in [0, 0.1) is 0 Å². The summed E-state index contributed by atoms with van der Waals surface area (Å²) in [5.41, 5.74) is 2.70. The number of hydrogen-bond acceptors (Lipinski definition) is 2. The lowest BCUT2D eigenvalue weighted by Crippen LogP contribution is -1.91. The Morgan fingerprint density at radius 3 is 2.44 bits per heavy atom. The van der Waals surface area contributed by atoms with Gasteiger partial charge in [-0.15, -0.1) is 11.8 Å². The van der Waals surface area contributed by atoms with Crippen molar-refractivity contribution in [3.8, 4) is 5.75 Å². The Bertz CT molecular complexity index is 419. The first kappa shape index (κ1) is 16.9. The Labute approximate surface area is 116 Å². The van der Waals surface area contributed by atoms with E-state index in [-0.39, 0.29) is 0 Å². The van der Waals surface area contributed by atoms with Gasteiger partial charge in [-0.2, -0.15) is 0 Å². The molecular weight excluding hydrogens is 240 g/mol. The molecular formula is C16H24OS. The average molecular weight is 264 g/mol. The fraction of sp³-hybridized carbons (Fsp3) is 0.375. The number of phenolic OH excluding ortho intramolecular Hbond substituents is 1. The summed E-state index contributed by atoms with van der Waals surface area (Å²) in [5, 5.41) is 10.1. The van der Waals surface area contributed by atoms with Crippen LogP contribution in [0.1, 0.15) is 38.8 Å². The third-order valence-electron chi connectivity index (χ3n) is 2.53. The molecule has 0 aliphatic rings. The lowest BCUT2D eigenvalue weighted by molar-refractivity contribution is 0.468. The van der Waals surface area contributed by atoms with E-state index in [0.717, 1.165) is 23.1 Å². The van der Waals surface area contributed by atoms with E-state index in [1.165, 1.54) is 4.91 Å². The first-order valence-electron chi connectivity index (χ1n) is 6.26. The quantitative estimate of drug-likeness (QED) is 0.800. The van der Waals surface area contributed by atoms with E-state index in [4.69, 9.17) is 0 Å². The van der Waals surface area contributed by atoms with Gasteiger partial charge < -0.3 is 5.11 Å². The number of thioether (sulfide) groups is 1. The highest BCUT2D eigenvalue weighted by molar-refractivity contribution is 8.02. The normalized spacial score (nSPS) is 10.6. The topological polar surface area (TPSA) is 20.2 Å². The molecule has 1 aromatic carbocycles. The number of benzene rings is 1. The van der Waals surface area contributed by atoms with E-state index in [9.17, 15) is 5.11 Å². The van der Waals surface area contributed by atoms with Crippen LogP contribution in [0.5, 0.6) is 5.75 Å². The number of rotatable bonds is 4. The summed E-state index contributed by atoms with van der Waals surface area (Å²) in [6, 6.07) is 5.82.